The molecule has 1 aliphatic rings. The van der Waals surface area contributed by atoms with Gasteiger partial charge in [-0.2, -0.15) is 5.26 Å². The summed E-state index contributed by atoms with van der Waals surface area (Å²) < 4.78 is 5.36. The Kier molecular flexibility index (Phi) is 3.49. The molecule has 1 aliphatic heterocycles. The Morgan fingerprint density at radius 3 is 2.53 bits per heavy atom. The van der Waals surface area contributed by atoms with Gasteiger partial charge in [0.1, 0.15) is 0 Å². The van der Waals surface area contributed by atoms with Crippen molar-refractivity contribution in [1.82, 2.24) is 0 Å². The summed E-state index contributed by atoms with van der Waals surface area (Å²) in [7, 11) is 0. The van der Waals surface area contributed by atoms with Crippen molar-refractivity contribution in [3.63, 3.8) is 0 Å². The van der Waals surface area contributed by atoms with Crippen LogP contribution in [0.1, 0.15) is 29.5 Å². The molecular formula is C15H19NO. The van der Waals surface area contributed by atoms with Crippen LogP contribution in [-0.4, -0.2) is 13.2 Å². The van der Waals surface area contributed by atoms with Gasteiger partial charge in [0.2, 0.25) is 0 Å². The van der Waals surface area contributed by atoms with E-state index < -0.39 is 0 Å². The van der Waals surface area contributed by atoms with Gasteiger partial charge in [0.15, 0.2) is 0 Å². The van der Waals surface area contributed by atoms with Crippen LogP contribution in [0, 0.1) is 30.6 Å². The molecule has 0 N–H and O–H groups in total. The maximum atomic E-state index is 9.42. The standard InChI is InChI=1S/C15H19NO/c1-12-3-4-14(9-13(12)2)10-15(11-16)5-7-17-8-6-15/h3-4,9H,5-8,10H2,1-2H3. The van der Waals surface area contributed by atoms with Gasteiger partial charge in [0.05, 0.1) is 11.5 Å². The van der Waals surface area contributed by atoms with Crippen LogP contribution in [0.2, 0.25) is 0 Å². The Morgan fingerprint density at radius 2 is 1.94 bits per heavy atom. The highest BCUT2D eigenvalue weighted by molar-refractivity contribution is 5.31. The minimum Gasteiger partial charge on any atom is -0.381 e. The summed E-state index contributed by atoms with van der Waals surface area (Å²) in [6.45, 7) is 5.69. The zero-order valence-electron chi connectivity index (χ0n) is 10.6. The summed E-state index contributed by atoms with van der Waals surface area (Å²) in [6, 6.07) is 9.03. The van der Waals surface area contributed by atoms with E-state index >= 15 is 0 Å². The molecule has 1 aromatic carbocycles. The Morgan fingerprint density at radius 1 is 1.24 bits per heavy atom. The molecule has 2 nitrogen and oxygen atoms in total. The maximum Gasteiger partial charge on any atom is 0.0695 e. The number of rotatable bonds is 2. The molecule has 2 rings (SSSR count). The summed E-state index contributed by atoms with van der Waals surface area (Å²) in [4.78, 5) is 0. The van der Waals surface area contributed by atoms with Gasteiger partial charge in [-0.1, -0.05) is 18.2 Å². The number of hydrogen-bond donors (Lipinski definition) is 0. The molecule has 0 aliphatic carbocycles. The van der Waals surface area contributed by atoms with Crippen molar-refractivity contribution in [2.45, 2.75) is 33.1 Å². The van der Waals surface area contributed by atoms with Crippen molar-refractivity contribution in [2.24, 2.45) is 5.41 Å². The van der Waals surface area contributed by atoms with E-state index in [1.807, 2.05) is 0 Å². The first-order chi connectivity index (χ1) is 8.15. The summed E-state index contributed by atoms with van der Waals surface area (Å²) in [5.41, 5.74) is 3.69. The van der Waals surface area contributed by atoms with Gasteiger partial charge in [-0.3, -0.25) is 0 Å². The zero-order valence-corrected chi connectivity index (χ0v) is 10.6. The predicted molar refractivity (Wildman–Crippen MR) is 67.7 cm³/mol. The lowest BCUT2D eigenvalue weighted by molar-refractivity contribution is 0.0406. The fourth-order valence-electron chi connectivity index (χ4n) is 2.39. The van der Waals surface area contributed by atoms with Crippen LogP contribution >= 0.6 is 0 Å². The third-order valence-electron chi connectivity index (χ3n) is 3.80. The van der Waals surface area contributed by atoms with E-state index in [0.717, 1.165) is 32.5 Å². The summed E-state index contributed by atoms with van der Waals surface area (Å²) >= 11 is 0. The van der Waals surface area contributed by atoms with E-state index in [2.05, 4.69) is 38.1 Å². The number of ether oxygens (including phenoxy) is 1. The molecular weight excluding hydrogens is 210 g/mol. The molecule has 0 amide bonds. The van der Waals surface area contributed by atoms with Crippen LogP contribution in [0.5, 0.6) is 0 Å². The van der Waals surface area contributed by atoms with Crippen molar-refractivity contribution >= 4 is 0 Å². The quantitative estimate of drug-likeness (QED) is 0.780. The Hall–Kier alpha value is -1.33. The lowest BCUT2D eigenvalue weighted by atomic mass is 9.76. The summed E-state index contributed by atoms with van der Waals surface area (Å²) in [6.07, 6.45) is 2.57. The average Bonchev–Trinajstić information content (AvgIpc) is 2.35. The third kappa shape index (κ3) is 2.68. The number of nitriles is 1. The van der Waals surface area contributed by atoms with Gasteiger partial charge in [0, 0.05) is 13.2 Å². The predicted octanol–water partition coefficient (Wildman–Crippen LogP) is 3.17. The highest BCUT2D eigenvalue weighted by Crippen LogP contribution is 2.33. The number of nitrogens with zero attached hydrogens (tertiary/aromatic N) is 1. The molecule has 0 bridgehead atoms. The van der Waals surface area contributed by atoms with Gasteiger partial charge in [-0.25, -0.2) is 0 Å². The normalized spacial score (nSPS) is 18.6. The highest BCUT2D eigenvalue weighted by atomic mass is 16.5. The second-order valence-electron chi connectivity index (χ2n) is 5.10. The van der Waals surface area contributed by atoms with E-state index in [1.165, 1.54) is 16.7 Å². The molecule has 0 radical (unpaired) electrons. The average molecular weight is 229 g/mol. The largest absolute Gasteiger partial charge is 0.381 e. The van der Waals surface area contributed by atoms with Gasteiger partial charge >= 0.3 is 0 Å². The van der Waals surface area contributed by atoms with Crippen molar-refractivity contribution < 1.29 is 4.74 Å². The van der Waals surface area contributed by atoms with Crippen LogP contribution in [0.25, 0.3) is 0 Å². The summed E-state index contributed by atoms with van der Waals surface area (Å²) in [5.74, 6) is 0. The van der Waals surface area contributed by atoms with Gasteiger partial charge < -0.3 is 4.74 Å². The Labute approximate surface area is 103 Å². The SMILES string of the molecule is Cc1ccc(CC2(C#N)CCOCC2)cc1C. The highest BCUT2D eigenvalue weighted by Gasteiger charge is 2.32. The second kappa shape index (κ2) is 4.89. The van der Waals surface area contributed by atoms with Gasteiger partial charge in [-0.05, 0) is 49.8 Å². The molecule has 0 spiro atoms. The molecule has 90 valence electrons. The van der Waals surface area contributed by atoms with Crippen molar-refractivity contribution in [3.8, 4) is 6.07 Å². The molecule has 1 heterocycles. The van der Waals surface area contributed by atoms with Gasteiger partial charge in [-0.15, -0.1) is 0 Å². The molecule has 0 atom stereocenters. The molecule has 0 saturated carbocycles. The second-order valence-corrected chi connectivity index (χ2v) is 5.10. The van der Waals surface area contributed by atoms with Crippen molar-refractivity contribution in [2.75, 3.05) is 13.2 Å². The maximum absolute atomic E-state index is 9.42. The third-order valence-corrected chi connectivity index (χ3v) is 3.80. The minimum atomic E-state index is -0.208. The van der Waals surface area contributed by atoms with Crippen LogP contribution in [0.3, 0.4) is 0 Å². The van der Waals surface area contributed by atoms with E-state index in [0.29, 0.717) is 0 Å². The smallest absolute Gasteiger partial charge is 0.0695 e. The number of benzene rings is 1. The van der Waals surface area contributed by atoms with Crippen molar-refractivity contribution in [1.29, 1.82) is 5.26 Å². The van der Waals surface area contributed by atoms with Crippen LogP contribution in [0.4, 0.5) is 0 Å². The number of hydrogen-bond acceptors (Lipinski definition) is 2. The van der Waals surface area contributed by atoms with Crippen molar-refractivity contribution in [3.05, 3.63) is 34.9 Å². The Balaban J connectivity index is 2.18. The number of aryl methyl sites for hydroxylation is 2. The first kappa shape index (κ1) is 12.1. The first-order valence-corrected chi connectivity index (χ1v) is 6.20. The molecule has 1 fully saturated rings. The monoisotopic (exact) mass is 229 g/mol. The van der Waals surface area contributed by atoms with E-state index in [4.69, 9.17) is 4.74 Å². The molecule has 0 aromatic heterocycles. The zero-order chi connectivity index (χ0) is 12.3. The molecule has 2 heteroatoms. The van der Waals surface area contributed by atoms with E-state index in [1.54, 1.807) is 0 Å². The molecule has 0 unspecified atom stereocenters. The van der Waals surface area contributed by atoms with Crippen LogP contribution in [0.15, 0.2) is 18.2 Å². The van der Waals surface area contributed by atoms with Crippen LogP contribution in [-0.2, 0) is 11.2 Å². The molecule has 17 heavy (non-hydrogen) atoms. The minimum absolute atomic E-state index is 0.208. The summed E-state index contributed by atoms with van der Waals surface area (Å²) in [5, 5.41) is 9.42. The van der Waals surface area contributed by atoms with E-state index in [9.17, 15) is 5.26 Å². The van der Waals surface area contributed by atoms with E-state index in [-0.39, 0.29) is 5.41 Å². The van der Waals surface area contributed by atoms with Crippen LogP contribution < -0.4 is 0 Å². The molecule has 1 saturated heterocycles. The fourth-order valence-corrected chi connectivity index (χ4v) is 2.39. The lowest BCUT2D eigenvalue weighted by Gasteiger charge is -2.30. The molecule has 1 aromatic rings. The Bertz CT molecular complexity index is 439. The first-order valence-electron chi connectivity index (χ1n) is 6.20. The lowest BCUT2D eigenvalue weighted by Crippen LogP contribution is -2.30. The topological polar surface area (TPSA) is 33.0 Å². The fraction of sp³-hybridized carbons (Fsp3) is 0.533. The van der Waals surface area contributed by atoms with Gasteiger partial charge in [0.25, 0.3) is 0 Å².